The Morgan fingerprint density at radius 3 is 2.09 bits per heavy atom. The zero-order valence-corrected chi connectivity index (χ0v) is 34.4. The van der Waals surface area contributed by atoms with Crippen molar-refractivity contribution in [2.75, 3.05) is 0 Å². The van der Waals surface area contributed by atoms with Gasteiger partial charge in [0.25, 0.3) is 0 Å². The summed E-state index contributed by atoms with van der Waals surface area (Å²) in [6.07, 6.45) is 14.1. The van der Waals surface area contributed by atoms with E-state index in [1.807, 2.05) is 0 Å². The topological polar surface area (TPSA) is 76.7 Å². The van der Waals surface area contributed by atoms with Crippen LogP contribution in [0.1, 0.15) is 126 Å². The van der Waals surface area contributed by atoms with Crippen molar-refractivity contribution < 1.29 is 18.4 Å². The molecule has 2 N–H and O–H groups in total. The molecule has 5 saturated carbocycles. The summed E-state index contributed by atoms with van der Waals surface area (Å²) >= 11 is 0. The smallest absolute Gasteiger partial charge is 0.241 e. The maximum absolute atomic E-state index is 12.7. The summed E-state index contributed by atoms with van der Waals surface area (Å²) in [5, 5.41) is 0.235. The quantitative estimate of drug-likeness (QED) is 0.177. The first-order valence-electron chi connectivity index (χ1n) is 19.7. The van der Waals surface area contributed by atoms with E-state index in [1.54, 1.807) is 0 Å². The molecular formula is C39H72N2O4Si2. The number of carbonyl (C=O) groups is 2. The highest BCUT2D eigenvalue weighted by Gasteiger charge is 2.66. The van der Waals surface area contributed by atoms with Gasteiger partial charge in [-0.3, -0.25) is 20.4 Å². The molecule has 5 rings (SSSR count). The molecule has 6 nitrogen and oxygen atoms in total. The summed E-state index contributed by atoms with van der Waals surface area (Å²) in [7, 11) is -3.63. The molecule has 0 bridgehead atoms. The Kier molecular flexibility index (Phi) is 10.7. The minimum absolute atomic E-state index is 0.0326. The summed E-state index contributed by atoms with van der Waals surface area (Å²) in [5.41, 5.74) is 5.98. The third kappa shape index (κ3) is 7.51. The molecule has 5 fully saturated rings. The van der Waals surface area contributed by atoms with E-state index in [9.17, 15) is 9.59 Å². The van der Waals surface area contributed by atoms with Crippen molar-refractivity contribution in [1.82, 2.24) is 10.9 Å². The minimum Gasteiger partial charge on any atom is -0.414 e. The standard InChI is InChI=1S/C39H72N2O4Si2/c1-13-28-32-24-27(44-47(11,12)37(3,4)5)20-22-39(32,7)31-21-23-38(6)29(17-18-30(38)34(31)35(28)45-46(8,9)10)25(2)14-19-33(42)40-41-36(43)26-15-16-26/h25-32,34-35H,13-24H2,1-12H3,(H,40,42)(H,41,43)/t25-,27?,28-,29?,30+,31+,32?,34+,35?,38?,39?/m1/s1. The molecule has 0 radical (unpaired) electrons. The van der Waals surface area contributed by atoms with Crippen LogP contribution >= 0.6 is 0 Å². The number of nitrogens with one attached hydrogen (secondary N) is 2. The fraction of sp³-hybridized carbons (Fsp3) is 0.949. The highest BCUT2D eigenvalue weighted by molar-refractivity contribution is 6.74. The average molecular weight is 689 g/mol. The summed E-state index contributed by atoms with van der Waals surface area (Å²) < 4.78 is 14.6. The highest BCUT2D eigenvalue weighted by atomic mass is 28.4. The Balaban J connectivity index is 1.34. The van der Waals surface area contributed by atoms with E-state index in [-0.39, 0.29) is 22.8 Å². The Morgan fingerprint density at radius 1 is 0.851 bits per heavy atom. The van der Waals surface area contributed by atoms with Gasteiger partial charge in [-0.25, -0.2) is 0 Å². The third-order valence-electron chi connectivity index (χ3n) is 15.0. The minimum atomic E-state index is -1.84. The van der Waals surface area contributed by atoms with E-state index in [0.717, 1.165) is 25.2 Å². The van der Waals surface area contributed by atoms with Gasteiger partial charge >= 0.3 is 0 Å². The molecule has 5 aliphatic carbocycles. The lowest BCUT2D eigenvalue weighted by atomic mass is 9.41. The SMILES string of the molecule is CC[C@H]1C(O[Si](C)(C)C)[C@@H]2[C@H](CCC3(C)C([C@H](C)CCC(=O)NNC(=O)C4CC4)CC[C@@H]23)C2(C)CCC(O[Si](C)(C)C(C)(C)C)CC12. The lowest BCUT2D eigenvalue weighted by Crippen LogP contribution is -2.64. The second-order valence-electron chi connectivity index (χ2n) is 20.0. The number of rotatable bonds is 10. The van der Waals surface area contributed by atoms with Gasteiger partial charge in [0.2, 0.25) is 11.8 Å². The van der Waals surface area contributed by atoms with Gasteiger partial charge in [-0.1, -0.05) is 54.9 Å². The second kappa shape index (κ2) is 13.4. The normalized spacial score (nSPS) is 39.7. The van der Waals surface area contributed by atoms with Crippen molar-refractivity contribution >= 4 is 28.4 Å². The molecule has 6 unspecified atom stereocenters. The van der Waals surface area contributed by atoms with Crippen LogP contribution in [-0.4, -0.2) is 40.7 Å². The Labute approximate surface area is 290 Å². The summed E-state index contributed by atoms with van der Waals surface area (Å²) in [4.78, 5) is 24.7. The van der Waals surface area contributed by atoms with Crippen LogP contribution in [0.25, 0.3) is 0 Å². The van der Waals surface area contributed by atoms with E-state index in [2.05, 4.69) is 92.1 Å². The Morgan fingerprint density at radius 2 is 1.49 bits per heavy atom. The number of hydrogen-bond donors (Lipinski definition) is 2. The van der Waals surface area contributed by atoms with Crippen LogP contribution in [0.5, 0.6) is 0 Å². The third-order valence-corrected chi connectivity index (χ3v) is 20.5. The molecule has 0 spiro atoms. The molecule has 11 atom stereocenters. The van der Waals surface area contributed by atoms with E-state index >= 15 is 0 Å². The zero-order valence-electron chi connectivity index (χ0n) is 32.4. The van der Waals surface area contributed by atoms with Crippen molar-refractivity contribution in [3.63, 3.8) is 0 Å². The maximum Gasteiger partial charge on any atom is 0.241 e. The molecule has 2 amide bonds. The highest BCUT2D eigenvalue weighted by Crippen LogP contribution is 2.70. The lowest BCUT2D eigenvalue weighted by molar-refractivity contribution is -0.197. The van der Waals surface area contributed by atoms with Crippen LogP contribution in [0.3, 0.4) is 0 Å². The van der Waals surface area contributed by atoms with Gasteiger partial charge in [0, 0.05) is 18.4 Å². The lowest BCUT2D eigenvalue weighted by Gasteiger charge is -2.66. The van der Waals surface area contributed by atoms with Gasteiger partial charge in [0.1, 0.15) is 0 Å². The average Bonchev–Trinajstić information content (AvgIpc) is 3.75. The molecule has 270 valence electrons. The van der Waals surface area contributed by atoms with Crippen molar-refractivity contribution in [2.45, 2.75) is 175 Å². The van der Waals surface area contributed by atoms with Crippen molar-refractivity contribution in [2.24, 2.45) is 58.2 Å². The van der Waals surface area contributed by atoms with Crippen LogP contribution < -0.4 is 10.9 Å². The first-order chi connectivity index (χ1) is 21.7. The van der Waals surface area contributed by atoms with Gasteiger partial charge in [-0.05, 0) is 154 Å². The van der Waals surface area contributed by atoms with Crippen LogP contribution in [0.2, 0.25) is 37.8 Å². The predicted octanol–water partition coefficient (Wildman–Crippen LogP) is 9.48. The van der Waals surface area contributed by atoms with Gasteiger partial charge in [-0.2, -0.15) is 0 Å². The zero-order chi connectivity index (χ0) is 34.7. The Hall–Kier alpha value is -0.706. The summed E-state index contributed by atoms with van der Waals surface area (Å²) in [6.45, 7) is 29.4. The number of hydrogen-bond acceptors (Lipinski definition) is 4. The van der Waals surface area contributed by atoms with E-state index < -0.39 is 16.6 Å². The van der Waals surface area contributed by atoms with Gasteiger partial charge in [-0.15, -0.1) is 0 Å². The molecule has 0 heterocycles. The molecule has 0 aliphatic heterocycles. The van der Waals surface area contributed by atoms with E-state index in [1.165, 1.54) is 51.4 Å². The van der Waals surface area contributed by atoms with Crippen LogP contribution in [-0.2, 0) is 18.4 Å². The second-order valence-corrected chi connectivity index (χ2v) is 29.2. The monoisotopic (exact) mass is 689 g/mol. The molecular weight excluding hydrogens is 617 g/mol. The first-order valence-corrected chi connectivity index (χ1v) is 26.0. The molecule has 8 heteroatoms. The predicted molar refractivity (Wildman–Crippen MR) is 197 cm³/mol. The molecule has 0 aromatic carbocycles. The number of fused-ring (bicyclic) bond motifs is 5. The van der Waals surface area contributed by atoms with Crippen molar-refractivity contribution in [1.29, 1.82) is 0 Å². The van der Waals surface area contributed by atoms with Gasteiger partial charge in [0.15, 0.2) is 16.6 Å². The number of amides is 2. The van der Waals surface area contributed by atoms with E-state index in [4.69, 9.17) is 8.85 Å². The van der Waals surface area contributed by atoms with Crippen molar-refractivity contribution in [3.05, 3.63) is 0 Å². The fourth-order valence-corrected chi connectivity index (χ4v) is 13.9. The van der Waals surface area contributed by atoms with E-state index in [0.29, 0.717) is 65.0 Å². The van der Waals surface area contributed by atoms with Gasteiger partial charge in [0.05, 0.1) is 6.10 Å². The summed E-state index contributed by atoms with van der Waals surface area (Å²) in [6, 6.07) is 0. The largest absolute Gasteiger partial charge is 0.414 e. The van der Waals surface area contributed by atoms with Crippen LogP contribution in [0.15, 0.2) is 0 Å². The fourth-order valence-electron chi connectivity index (χ4n) is 11.4. The molecule has 5 aliphatic rings. The summed E-state index contributed by atoms with van der Waals surface area (Å²) in [5.74, 6) is 4.43. The number of hydrazine groups is 1. The van der Waals surface area contributed by atoms with Crippen molar-refractivity contribution in [3.8, 4) is 0 Å². The molecule has 0 aromatic rings. The number of carbonyl (C=O) groups excluding carboxylic acids is 2. The van der Waals surface area contributed by atoms with Crippen LogP contribution in [0, 0.1) is 58.2 Å². The van der Waals surface area contributed by atoms with Crippen LogP contribution in [0.4, 0.5) is 0 Å². The first kappa shape index (κ1) is 37.5. The maximum atomic E-state index is 12.7. The molecule has 0 saturated heterocycles. The molecule has 0 aromatic heterocycles. The molecule has 47 heavy (non-hydrogen) atoms. The Bertz CT molecular complexity index is 1140. The van der Waals surface area contributed by atoms with Gasteiger partial charge < -0.3 is 8.85 Å².